The number of rotatable bonds is 9. The molecule has 0 saturated heterocycles. The average Bonchev–Trinajstić information content (AvgIpc) is 2.71. The van der Waals surface area contributed by atoms with Crippen LogP contribution >= 0.6 is 0 Å². The zero-order chi connectivity index (χ0) is 22.6. The summed E-state index contributed by atoms with van der Waals surface area (Å²) >= 11 is 0. The Kier molecular flexibility index (Phi) is 6.70. The highest BCUT2D eigenvalue weighted by atomic mass is 16.5. The summed E-state index contributed by atoms with van der Waals surface area (Å²) in [6.45, 7) is 9.34. The Labute approximate surface area is 184 Å². The largest absolute Gasteiger partial charge is 0.491 e. The summed E-state index contributed by atoms with van der Waals surface area (Å²) in [4.78, 5) is 23.3. The molecule has 0 aliphatic heterocycles. The van der Waals surface area contributed by atoms with Crippen molar-refractivity contribution in [2.75, 3.05) is 19.8 Å². The number of ether oxygens (including phenoxy) is 2. The Morgan fingerprint density at radius 3 is 2.00 bits per heavy atom. The third kappa shape index (κ3) is 5.64. The molecule has 166 valence electrons. The predicted octanol–water partition coefficient (Wildman–Crippen LogP) is 3.79. The van der Waals surface area contributed by atoms with E-state index in [4.69, 9.17) is 15.2 Å². The maximum atomic E-state index is 12.7. The molecule has 0 bridgehead atoms. The standard InChI is InChI=1S/C25H32N2O4/c1-24(2)16-25(3,4)23(24)27-22(29)19-7-5-17(6-8-19)18-9-11-20(12-10-18)31-14-13-30-15-21(26)28/h5-12,23H,13-16H2,1-4H3,(H2,26,28)(H,27,29). The molecule has 3 rings (SSSR count). The van der Waals surface area contributed by atoms with E-state index in [1.165, 1.54) is 0 Å². The first-order valence-electron chi connectivity index (χ1n) is 10.6. The highest BCUT2D eigenvalue weighted by Crippen LogP contribution is 2.53. The van der Waals surface area contributed by atoms with Gasteiger partial charge >= 0.3 is 0 Å². The molecule has 3 N–H and O–H groups in total. The Balaban J connectivity index is 1.55. The first-order chi connectivity index (χ1) is 14.6. The van der Waals surface area contributed by atoms with E-state index < -0.39 is 5.91 Å². The van der Waals surface area contributed by atoms with Gasteiger partial charge in [-0.25, -0.2) is 0 Å². The smallest absolute Gasteiger partial charge is 0.251 e. The van der Waals surface area contributed by atoms with Gasteiger partial charge in [0.15, 0.2) is 0 Å². The van der Waals surface area contributed by atoms with Gasteiger partial charge in [0.25, 0.3) is 5.91 Å². The van der Waals surface area contributed by atoms with Crippen molar-refractivity contribution in [3.63, 3.8) is 0 Å². The van der Waals surface area contributed by atoms with Crippen molar-refractivity contribution < 1.29 is 19.1 Å². The van der Waals surface area contributed by atoms with Crippen LogP contribution in [0.25, 0.3) is 11.1 Å². The summed E-state index contributed by atoms with van der Waals surface area (Å²) < 4.78 is 10.7. The van der Waals surface area contributed by atoms with E-state index in [2.05, 4.69) is 33.0 Å². The monoisotopic (exact) mass is 424 g/mol. The van der Waals surface area contributed by atoms with Crippen LogP contribution in [0.2, 0.25) is 0 Å². The summed E-state index contributed by atoms with van der Waals surface area (Å²) in [7, 11) is 0. The molecule has 1 fully saturated rings. The summed E-state index contributed by atoms with van der Waals surface area (Å²) in [5.74, 6) is 0.191. The van der Waals surface area contributed by atoms with Crippen LogP contribution in [0.4, 0.5) is 0 Å². The van der Waals surface area contributed by atoms with E-state index in [9.17, 15) is 9.59 Å². The molecular weight excluding hydrogens is 392 g/mol. The minimum absolute atomic E-state index is 0.0281. The van der Waals surface area contributed by atoms with Crippen LogP contribution in [-0.4, -0.2) is 37.7 Å². The normalized spacial score (nSPS) is 16.9. The summed E-state index contributed by atoms with van der Waals surface area (Å²) in [6.07, 6.45) is 1.10. The second-order valence-electron chi connectivity index (χ2n) is 9.53. The molecule has 31 heavy (non-hydrogen) atoms. The van der Waals surface area contributed by atoms with Crippen LogP contribution in [0.3, 0.4) is 0 Å². The number of hydrogen-bond donors (Lipinski definition) is 2. The summed E-state index contributed by atoms with van der Waals surface area (Å²) in [6, 6.07) is 15.5. The number of nitrogens with one attached hydrogen (secondary N) is 1. The fourth-order valence-corrected chi connectivity index (χ4v) is 4.86. The van der Waals surface area contributed by atoms with E-state index in [-0.39, 0.29) is 29.4 Å². The van der Waals surface area contributed by atoms with Crippen LogP contribution in [0.15, 0.2) is 48.5 Å². The lowest BCUT2D eigenvalue weighted by Gasteiger charge is -2.57. The quantitative estimate of drug-likeness (QED) is 0.599. The maximum Gasteiger partial charge on any atom is 0.251 e. The molecule has 6 heteroatoms. The van der Waals surface area contributed by atoms with Crippen molar-refractivity contribution in [3.8, 4) is 16.9 Å². The molecule has 2 aromatic rings. The molecule has 2 amide bonds. The number of nitrogens with two attached hydrogens (primary N) is 1. The maximum absolute atomic E-state index is 12.7. The number of carbonyl (C=O) groups is 2. The van der Waals surface area contributed by atoms with Gasteiger partial charge in [-0.05, 0) is 52.6 Å². The molecule has 0 radical (unpaired) electrons. The van der Waals surface area contributed by atoms with Gasteiger partial charge in [-0.2, -0.15) is 0 Å². The molecule has 0 unspecified atom stereocenters. The van der Waals surface area contributed by atoms with Crippen molar-refractivity contribution in [2.24, 2.45) is 16.6 Å². The van der Waals surface area contributed by atoms with Crippen LogP contribution in [-0.2, 0) is 9.53 Å². The van der Waals surface area contributed by atoms with Crippen molar-refractivity contribution in [3.05, 3.63) is 54.1 Å². The highest BCUT2D eigenvalue weighted by molar-refractivity contribution is 5.95. The molecule has 0 heterocycles. The van der Waals surface area contributed by atoms with E-state index >= 15 is 0 Å². The second-order valence-corrected chi connectivity index (χ2v) is 9.53. The van der Waals surface area contributed by atoms with Gasteiger partial charge in [-0.1, -0.05) is 52.0 Å². The topological polar surface area (TPSA) is 90.7 Å². The second kappa shape index (κ2) is 9.10. The van der Waals surface area contributed by atoms with Crippen molar-refractivity contribution in [2.45, 2.75) is 40.2 Å². The number of benzene rings is 2. The lowest BCUT2D eigenvalue weighted by Crippen LogP contribution is -2.63. The number of hydrogen-bond acceptors (Lipinski definition) is 4. The van der Waals surface area contributed by atoms with Crippen LogP contribution < -0.4 is 15.8 Å². The molecule has 6 nitrogen and oxygen atoms in total. The Hall–Kier alpha value is -2.86. The fourth-order valence-electron chi connectivity index (χ4n) is 4.86. The van der Waals surface area contributed by atoms with Gasteiger partial charge in [0.2, 0.25) is 5.91 Å². The molecule has 1 saturated carbocycles. The minimum Gasteiger partial charge on any atom is -0.491 e. The number of carbonyl (C=O) groups excluding carboxylic acids is 2. The molecule has 2 aromatic carbocycles. The molecule has 0 spiro atoms. The predicted molar refractivity (Wildman–Crippen MR) is 121 cm³/mol. The van der Waals surface area contributed by atoms with Gasteiger partial charge < -0.3 is 20.5 Å². The SMILES string of the molecule is CC1(C)CC(C)(C)C1NC(=O)c1ccc(-c2ccc(OCCOCC(N)=O)cc2)cc1. The Morgan fingerprint density at radius 1 is 0.935 bits per heavy atom. The highest BCUT2D eigenvalue weighted by Gasteiger charge is 2.53. The third-order valence-electron chi connectivity index (χ3n) is 5.83. The fraction of sp³-hybridized carbons (Fsp3) is 0.440. The van der Waals surface area contributed by atoms with Gasteiger partial charge in [0, 0.05) is 11.6 Å². The van der Waals surface area contributed by atoms with Crippen molar-refractivity contribution in [1.29, 1.82) is 0 Å². The lowest BCUT2D eigenvalue weighted by molar-refractivity contribution is -0.122. The first kappa shape index (κ1) is 22.8. The van der Waals surface area contributed by atoms with Crippen LogP contribution in [0, 0.1) is 10.8 Å². The zero-order valence-corrected chi connectivity index (χ0v) is 18.7. The summed E-state index contributed by atoms with van der Waals surface area (Å²) in [5, 5.41) is 3.22. The van der Waals surface area contributed by atoms with Crippen LogP contribution in [0.5, 0.6) is 5.75 Å². The minimum atomic E-state index is -0.497. The molecule has 1 aliphatic carbocycles. The molecular formula is C25H32N2O4. The van der Waals surface area contributed by atoms with Crippen LogP contribution in [0.1, 0.15) is 44.5 Å². The molecule has 0 aromatic heterocycles. The van der Waals surface area contributed by atoms with E-state index in [0.717, 1.165) is 17.5 Å². The summed E-state index contributed by atoms with van der Waals surface area (Å²) in [5.41, 5.74) is 7.97. The van der Waals surface area contributed by atoms with E-state index in [1.54, 1.807) is 0 Å². The zero-order valence-electron chi connectivity index (χ0n) is 18.7. The number of primary amides is 1. The first-order valence-corrected chi connectivity index (χ1v) is 10.6. The van der Waals surface area contributed by atoms with Gasteiger partial charge in [-0.3, -0.25) is 9.59 Å². The average molecular weight is 425 g/mol. The Morgan fingerprint density at radius 2 is 1.48 bits per heavy atom. The van der Waals surface area contributed by atoms with Gasteiger partial charge in [0.1, 0.15) is 19.0 Å². The Bertz CT molecular complexity index is 904. The van der Waals surface area contributed by atoms with Gasteiger partial charge in [0.05, 0.1) is 6.61 Å². The lowest BCUT2D eigenvalue weighted by atomic mass is 9.52. The van der Waals surface area contributed by atoms with E-state index in [1.807, 2.05) is 48.5 Å². The van der Waals surface area contributed by atoms with Crippen molar-refractivity contribution >= 4 is 11.8 Å². The molecule has 0 atom stereocenters. The van der Waals surface area contributed by atoms with Gasteiger partial charge in [-0.15, -0.1) is 0 Å². The molecule has 1 aliphatic rings. The number of amides is 2. The van der Waals surface area contributed by atoms with E-state index in [0.29, 0.717) is 24.5 Å². The van der Waals surface area contributed by atoms with Crippen molar-refractivity contribution in [1.82, 2.24) is 5.32 Å². The third-order valence-corrected chi connectivity index (χ3v) is 5.83.